The fourth-order valence-corrected chi connectivity index (χ4v) is 2.59. The Morgan fingerprint density at radius 3 is 2.82 bits per heavy atom. The van der Waals surface area contributed by atoms with Crippen LogP contribution in [0.4, 0.5) is 5.95 Å². The van der Waals surface area contributed by atoms with E-state index in [9.17, 15) is 10.2 Å². The van der Waals surface area contributed by atoms with Crippen molar-refractivity contribution >= 4 is 5.95 Å². The van der Waals surface area contributed by atoms with E-state index in [0.717, 1.165) is 5.56 Å². The van der Waals surface area contributed by atoms with Crippen molar-refractivity contribution in [3.05, 3.63) is 48.2 Å². The molecule has 22 heavy (non-hydrogen) atoms. The van der Waals surface area contributed by atoms with Crippen LogP contribution in [-0.4, -0.2) is 45.5 Å². The van der Waals surface area contributed by atoms with Gasteiger partial charge < -0.3 is 19.8 Å². The van der Waals surface area contributed by atoms with E-state index in [-0.39, 0.29) is 12.6 Å². The summed E-state index contributed by atoms with van der Waals surface area (Å²) in [6, 6.07) is 11.4. The van der Waals surface area contributed by atoms with Crippen LogP contribution in [0.5, 0.6) is 5.88 Å². The minimum Gasteiger partial charge on any atom is -0.473 e. The number of benzene rings is 1. The van der Waals surface area contributed by atoms with Crippen molar-refractivity contribution in [1.82, 2.24) is 9.97 Å². The summed E-state index contributed by atoms with van der Waals surface area (Å²) in [7, 11) is 0. The average Bonchev–Trinajstić information content (AvgIpc) is 2.95. The highest BCUT2D eigenvalue weighted by Gasteiger charge is 2.32. The van der Waals surface area contributed by atoms with Crippen LogP contribution >= 0.6 is 0 Å². The predicted octanol–water partition coefficient (Wildman–Crippen LogP) is 0.987. The van der Waals surface area contributed by atoms with E-state index in [1.54, 1.807) is 12.3 Å². The molecule has 6 heteroatoms. The first-order valence-electron chi connectivity index (χ1n) is 7.31. The van der Waals surface area contributed by atoms with Gasteiger partial charge in [-0.1, -0.05) is 30.3 Å². The van der Waals surface area contributed by atoms with Crippen LogP contribution in [-0.2, 0) is 6.61 Å². The van der Waals surface area contributed by atoms with E-state index in [2.05, 4.69) is 9.97 Å². The number of anilines is 1. The second kappa shape index (κ2) is 6.72. The third-order valence-electron chi connectivity index (χ3n) is 3.71. The maximum Gasteiger partial charge on any atom is 0.229 e. The molecule has 116 valence electrons. The molecule has 0 radical (unpaired) electrons. The van der Waals surface area contributed by atoms with Crippen LogP contribution in [0.15, 0.2) is 42.6 Å². The van der Waals surface area contributed by atoms with Gasteiger partial charge in [0.15, 0.2) is 0 Å². The summed E-state index contributed by atoms with van der Waals surface area (Å²) in [4.78, 5) is 10.4. The smallest absolute Gasteiger partial charge is 0.229 e. The Kier molecular flexibility index (Phi) is 4.50. The third-order valence-corrected chi connectivity index (χ3v) is 3.71. The maximum absolute atomic E-state index is 9.74. The molecule has 1 aliphatic rings. The Balaban J connectivity index is 1.70. The van der Waals surface area contributed by atoms with Crippen LogP contribution in [0.2, 0.25) is 0 Å². The van der Waals surface area contributed by atoms with Crippen molar-refractivity contribution < 1.29 is 14.9 Å². The molecule has 2 N–H and O–H groups in total. The zero-order valence-corrected chi connectivity index (χ0v) is 12.2. The minimum absolute atomic E-state index is 0.0322. The van der Waals surface area contributed by atoms with E-state index >= 15 is 0 Å². The van der Waals surface area contributed by atoms with E-state index in [1.807, 2.05) is 35.2 Å². The van der Waals surface area contributed by atoms with Crippen molar-refractivity contribution in [2.24, 2.45) is 0 Å². The summed E-state index contributed by atoms with van der Waals surface area (Å²) >= 11 is 0. The average molecular weight is 301 g/mol. The van der Waals surface area contributed by atoms with Gasteiger partial charge in [-0.2, -0.15) is 4.98 Å². The summed E-state index contributed by atoms with van der Waals surface area (Å²) in [6.07, 6.45) is 1.69. The lowest BCUT2D eigenvalue weighted by Gasteiger charge is -2.22. The molecule has 1 fully saturated rings. The molecule has 1 saturated heterocycles. The van der Waals surface area contributed by atoms with Gasteiger partial charge in [0, 0.05) is 18.8 Å². The van der Waals surface area contributed by atoms with Crippen LogP contribution < -0.4 is 9.64 Å². The lowest BCUT2D eigenvalue weighted by atomic mass is 10.2. The number of ether oxygens (including phenoxy) is 1. The third kappa shape index (κ3) is 3.35. The molecule has 2 atom stereocenters. The van der Waals surface area contributed by atoms with E-state index < -0.39 is 6.10 Å². The Hall–Kier alpha value is -2.18. The van der Waals surface area contributed by atoms with Crippen molar-refractivity contribution in [2.45, 2.75) is 25.2 Å². The van der Waals surface area contributed by atoms with Crippen molar-refractivity contribution in [1.29, 1.82) is 0 Å². The topological polar surface area (TPSA) is 78.7 Å². The zero-order valence-electron chi connectivity index (χ0n) is 12.2. The molecule has 2 aromatic rings. The number of rotatable bonds is 5. The number of hydrogen-bond acceptors (Lipinski definition) is 6. The molecule has 2 heterocycles. The predicted molar refractivity (Wildman–Crippen MR) is 81.6 cm³/mol. The molecule has 0 aliphatic carbocycles. The van der Waals surface area contributed by atoms with Gasteiger partial charge >= 0.3 is 0 Å². The van der Waals surface area contributed by atoms with Gasteiger partial charge in [0.25, 0.3) is 0 Å². The first-order valence-corrected chi connectivity index (χ1v) is 7.31. The van der Waals surface area contributed by atoms with Gasteiger partial charge in [0.1, 0.15) is 6.61 Å². The number of aromatic nitrogens is 2. The highest BCUT2D eigenvalue weighted by Crippen LogP contribution is 2.23. The van der Waals surface area contributed by atoms with Gasteiger partial charge in [-0.05, 0) is 12.0 Å². The molecular formula is C16H19N3O3. The van der Waals surface area contributed by atoms with E-state index in [1.165, 1.54) is 0 Å². The Labute approximate surface area is 129 Å². The Morgan fingerprint density at radius 1 is 1.23 bits per heavy atom. The van der Waals surface area contributed by atoms with E-state index in [4.69, 9.17) is 4.74 Å². The highest BCUT2D eigenvalue weighted by atomic mass is 16.5. The van der Waals surface area contributed by atoms with Gasteiger partial charge in [-0.3, -0.25) is 0 Å². The Bertz CT molecular complexity index is 609. The molecule has 6 nitrogen and oxygen atoms in total. The monoisotopic (exact) mass is 301 g/mol. The molecule has 0 unspecified atom stereocenters. The first-order chi connectivity index (χ1) is 10.8. The maximum atomic E-state index is 9.74. The van der Waals surface area contributed by atoms with Crippen LogP contribution in [0.25, 0.3) is 0 Å². The zero-order chi connectivity index (χ0) is 15.4. The van der Waals surface area contributed by atoms with Crippen LogP contribution in [0.1, 0.15) is 12.0 Å². The number of β-amino-alcohol motifs (C(OH)–C–C–N with tert-alkyl or cyclic N) is 1. The van der Waals surface area contributed by atoms with Gasteiger partial charge in [-0.25, -0.2) is 4.98 Å². The van der Waals surface area contributed by atoms with Gasteiger partial charge in [0.2, 0.25) is 11.8 Å². The summed E-state index contributed by atoms with van der Waals surface area (Å²) in [5.74, 6) is 0.952. The normalized spacial score (nSPS) is 21.1. The molecule has 1 aliphatic heterocycles. The second-order valence-corrected chi connectivity index (χ2v) is 5.35. The van der Waals surface area contributed by atoms with Gasteiger partial charge in [-0.15, -0.1) is 0 Å². The number of aliphatic hydroxyl groups excluding tert-OH is 2. The fraction of sp³-hybridized carbons (Fsp3) is 0.375. The first kappa shape index (κ1) is 14.7. The van der Waals surface area contributed by atoms with Crippen LogP contribution in [0.3, 0.4) is 0 Å². The lowest BCUT2D eigenvalue weighted by molar-refractivity contribution is 0.184. The molecular weight excluding hydrogens is 282 g/mol. The largest absolute Gasteiger partial charge is 0.473 e. The molecule has 3 rings (SSSR count). The number of aliphatic hydroxyl groups is 2. The second-order valence-electron chi connectivity index (χ2n) is 5.35. The molecule has 1 aromatic heterocycles. The SMILES string of the molecule is OC[C@@H]1C[C@@H](O)CN1c1nccc(OCc2ccccc2)n1. The van der Waals surface area contributed by atoms with E-state index in [0.29, 0.717) is 31.4 Å². The van der Waals surface area contributed by atoms with Crippen molar-refractivity contribution in [2.75, 3.05) is 18.1 Å². The van der Waals surface area contributed by atoms with Crippen LogP contribution in [0, 0.1) is 0 Å². The fourth-order valence-electron chi connectivity index (χ4n) is 2.59. The molecule has 0 saturated carbocycles. The molecule has 1 aromatic carbocycles. The standard InChI is InChI=1S/C16H19N3O3/c20-10-13-8-14(21)9-19(13)16-17-7-6-15(18-16)22-11-12-4-2-1-3-5-12/h1-7,13-14,20-21H,8-11H2/t13-,14+/m0/s1. The lowest BCUT2D eigenvalue weighted by Crippen LogP contribution is -2.33. The summed E-state index contributed by atoms with van der Waals surface area (Å²) in [5, 5.41) is 19.1. The number of hydrogen-bond donors (Lipinski definition) is 2. The molecule has 0 amide bonds. The molecule has 0 spiro atoms. The van der Waals surface area contributed by atoms with Crippen molar-refractivity contribution in [3.8, 4) is 5.88 Å². The summed E-state index contributed by atoms with van der Waals surface area (Å²) in [5.41, 5.74) is 1.06. The number of nitrogens with zero attached hydrogens (tertiary/aromatic N) is 3. The quantitative estimate of drug-likeness (QED) is 0.857. The van der Waals surface area contributed by atoms with Gasteiger partial charge in [0.05, 0.1) is 18.8 Å². The summed E-state index contributed by atoms with van der Waals surface area (Å²) < 4.78 is 5.69. The minimum atomic E-state index is -0.463. The molecule has 0 bridgehead atoms. The summed E-state index contributed by atoms with van der Waals surface area (Å²) in [6.45, 7) is 0.826. The van der Waals surface area contributed by atoms with Crippen molar-refractivity contribution in [3.63, 3.8) is 0 Å². The highest BCUT2D eigenvalue weighted by molar-refractivity contribution is 5.36. The Morgan fingerprint density at radius 2 is 2.05 bits per heavy atom.